The summed E-state index contributed by atoms with van der Waals surface area (Å²) >= 11 is 0. The molecule has 1 aromatic carbocycles. The van der Waals surface area contributed by atoms with Gasteiger partial charge < -0.3 is 10.6 Å². The van der Waals surface area contributed by atoms with Crippen molar-refractivity contribution in [2.45, 2.75) is 26.4 Å². The Balaban J connectivity index is 2.61. The summed E-state index contributed by atoms with van der Waals surface area (Å²) in [5, 5.41) is 6.10. The lowest BCUT2D eigenvalue weighted by Crippen LogP contribution is -2.17. The van der Waals surface area contributed by atoms with Gasteiger partial charge in [0, 0.05) is 25.0 Å². The van der Waals surface area contributed by atoms with Crippen molar-refractivity contribution in [1.29, 1.82) is 0 Å². The molecule has 0 saturated heterocycles. The van der Waals surface area contributed by atoms with Crippen LogP contribution in [0.3, 0.4) is 0 Å². The van der Waals surface area contributed by atoms with Crippen molar-refractivity contribution < 1.29 is 13.2 Å². The van der Waals surface area contributed by atoms with E-state index in [1.54, 1.807) is 6.07 Å². The minimum atomic E-state index is -4.30. The van der Waals surface area contributed by atoms with Gasteiger partial charge in [-0.1, -0.05) is 18.2 Å². The Labute approximate surface area is 123 Å². The molecule has 2 nitrogen and oxygen atoms in total. The largest absolute Gasteiger partial charge is 0.416 e. The standard InChI is InChI=1S/C16H21F3N2/c1-12(20-3)8-9-13(2)21-11-10-14-6-4-5-7-15(14)16(17,18)19/h4-9,20-21H,10-11H2,1-3H3/b12-8+,13-9+. The molecule has 1 rings (SSSR count). The van der Waals surface area contributed by atoms with Gasteiger partial charge in [0.15, 0.2) is 0 Å². The molecule has 0 unspecified atom stereocenters. The second-order valence-electron chi connectivity index (χ2n) is 4.78. The summed E-state index contributed by atoms with van der Waals surface area (Å²) in [5.74, 6) is 0. The summed E-state index contributed by atoms with van der Waals surface area (Å²) in [6.07, 6.45) is -0.169. The van der Waals surface area contributed by atoms with Gasteiger partial charge in [0.25, 0.3) is 0 Å². The fourth-order valence-corrected chi connectivity index (χ4v) is 1.80. The fraction of sp³-hybridized carbons (Fsp3) is 0.375. The molecule has 21 heavy (non-hydrogen) atoms. The van der Waals surface area contributed by atoms with Crippen LogP contribution in [-0.4, -0.2) is 13.6 Å². The topological polar surface area (TPSA) is 24.1 Å². The predicted octanol–water partition coefficient (Wildman–Crippen LogP) is 3.86. The minimum absolute atomic E-state index is 0.312. The van der Waals surface area contributed by atoms with Crippen LogP contribution in [0.2, 0.25) is 0 Å². The molecule has 0 aliphatic rings. The normalized spacial score (nSPS) is 13.2. The summed E-state index contributed by atoms with van der Waals surface area (Å²) in [6.45, 7) is 4.28. The van der Waals surface area contributed by atoms with Gasteiger partial charge in [-0.3, -0.25) is 0 Å². The van der Waals surface area contributed by atoms with E-state index in [4.69, 9.17) is 0 Å². The van der Waals surface area contributed by atoms with Crippen LogP contribution in [0.25, 0.3) is 0 Å². The fourth-order valence-electron chi connectivity index (χ4n) is 1.80. The van der Waals surface area contributed by atoms with Gasteiger partial charge in [-0.2, -0.15) is 13.2 Å². The Morgan fingerprint density at radius 3 is 2.33 bits per heavy atom. The lowest BCUT2D eigenvalue weighted by molar-refractivity contribution is -0.138. The molecule has 0 radical (unpaired) electrons. The van der Waals surface area contributed by atoms with Gasteiger partial charge in [0.1, 0.15) is 0 Å². The van der Waals surface area contributed by atoms with Crippen LogP contribution in [-0.2, 0) is 12.6 Å². The molecular weight excluding hydrogens is 277 g/mol. The van der Waals surface area contributed by atoms with Crippen molar-refractivity contribution in [3.8, 4) is 0 Å². The second kappa shape index (κ2) is 7.76. The Bertz CT molecular complexity index is 516. The lowest BCUT2D eigenvalue weighted by atomic mass is 10.0. The molecule has 0 atom stereocenters. The van der Waals surface area contributed by atoms with E-state index in [1.165, 1.54) is 12.1 Å². The number of hydrogen-bond donors (Lipinski definition) is 2. The maximum absolute atomic E-state index is 12.8. The Morgan fingerprint density at radius 2 is 1.71 bits per heavy atom. The molecule has 116 valence electrons. The van der Waals surface area contributed by atoms with Crippen molar-refractivity contribution in [3.63, 3.8) is 0 Å². The summed E-state index contributed by atoms with van der Waals surface area (Å²) in [7, 11) is 1.83. The number of benzene rings is 1. The predicted molar refractivity (Wildman–Crippen MR) is 79.7 cm³/mol. The third-order valence-corrected chi connectivity index (χ3v) is 3.10. The van der Waals surface area contributed by atoms with E-state index in [-0.39, 0.29) is 0 Å². The molecule has 0 fully saturated rings. The molecule has 0 saturated carbocycles. The van der Waals surface area contributed by atoms with Crippen LogP contribution >= 0.6 is 0 Å². The molecule has 0 aromatic heterocycles. The zero-order valence-electron chi connectivity index (χ0n) is 12.5. The molecule has 0 bridgehead atoms. The van der Waals surface area contributed by atoms with E-state index < -0.39 is 11.7 Å². The molecule has 0 aliphatic carbocycles. The summed E-state index contributed by atoms with van der Waals surface area (Å²) in [5.41, 5.74) is 1.68. The summed E-state index contributed by atoms with van der Waals surface area (Å²) in [6, 6.07) is 5.69. The number of nitrogens with one attached hydrogen (secondary N) is 2. The summed E-state index contributed by atoms with van der Waals surface area (Å²) in [4.78, 5) is 0. The first kappa shape index (κ1) is 17.1. The van der Waals surface area contributed by atoms with Crippen molar-refractivity contribution in [3.05, 3.63) is 58.9 Å². The zero-order chi connectivity index (χ0) is 15.9. The van der Waals surface area contributed by atoms with E-state index in [9.17, 15) is 13.2 Å². The molecule has 0 amide bonds. The Morgan fingerprint density at radius 1 is 1.10 bits per heavy atom. The second-order valence-corrected chi connectivity index (χ2v) is 4.78. The van der Waals surface area contributed by atoms with Crippen LogP contribution in [0.4, 0.5) is 13.2 Å². The van der Waals surface area contributed by atoms with Crippen LogP contribution in [0.1, 0.15) is 25.0 Å². The van der Waals surface area contributed by atoms with Crippen LogP contribution in [0, 0.1) is 0 Å². The maximum atomic E-state index is 12.8. The smallest absolute Gasteiger partial charge is 0.392 e. The molecule has 0 heterocycles. The summed E-state index contributed by atoms with van der Waals surface area (Å²) < 4.78 is 38.5. The highest BCUT2D eigenvalue weighted by atomic mass is 19.4. The third-order valence-electron chi connectivity index (χ3n) is 3.10. The van der Waals surface area contributed by atoms with Crippen molar-refractivity contribution in [1.82, 2.24) is 10.6 Å². The number of hydrogen-bond acceptors (Lipinski definition) is 2. The van der Waals surface area contributed by atoms with Gasteiger partial charge in [0.2, 0.25) is 0 Å². The van der Waals surface area contributed by atoms with Crippen LogP contribution in [0.15, 0.2) is 47.8 Å². The lowest BCUT2D eigenvalue weighted by Gasteiger charge is -2.13. The highest BCUT2D eigenvalue weighted by Gasteiger charge is 2.32. The molecular formula is C16H21F3N2. The Hall–Kier alpha value is -1.91. The van der Waals surface area contributed by atoms with E-state index in [0.29, 0.717) is 18.5 Å². The average Bonchev–Trinajstić information content (AvgIpc) is 2.44. The number of allylic oxidation sites excluding steroid dienone is 4. The van der Waals surface area contributed by atoms with Crippen molar-refractivity contribution in [2.24, 2.45) is 0 Å². The van der Waals surface area contributed by atoms with E-state index in [0.717, 1.165) is 17.5 Å². The highest BCUT2D eigenvalue weighted by molar-refractivity contribution is 5.30. The van der Waals surface area contributed by atoms with Crippen molar-refractivity contribution >= 4 is 0 Å². The average molecular weight is 298 g/mol. The molecule has 1 aromatic rings. The van der Waals surface area contributed by atoms with Gasteiger partial charge in [-0.15, -0.1) is 0 Å². The van der Waals surface area contributed by atoms with Crippen molar-refractivity contribution in [2.75, 3.05) is 13.6 Å². The Kier molecular flexibility index (Phi) is 6.34. The molecule has 0 aliphatic heterocycles. The maximum Gasteiger partial charge on any atom is 0.416 e. The molecule has 5 heteroatoms. The monoisotopic (exact) mass is 298 g/mol. The first-order chi connectivity index (χ1) is 9.84. The van der Waals surface area contributed by atoms with E-state index in [1.807, 2.05) is 33.0 Å². The van der Waals surface area contributed by atoms with Gasteiger partial charge >= 0.3 is 6.18 Å². The number of alkyl halides is 3. The molecule has 0 spiro atoms. The van der Waals surface area contributed by atoms with Gasteiger partial charge in [-0.05, 0) is 44.1 Å². The molecule has 2 N–H and O–H groups in total. The minimum Gasteiger partial charge on any atom is -0.392 e. The number of rotatable bonds is 6. The van der Waals surface area contributed by atoms with Crippen LogP contribution in [0.5, 0.6) is 0 Å². The SMILES string of the molecule is CN/C(C)=C/C=C(\C)NCCc1ccccc1C(F)(F)F. The number of halogens is 3. The van der Waals surface area contributed by atoms with Gasteiger partial charge in [-0.25, -0.2) is 0 Å². The van der Waals surface area contributed by atoms with E-state index >= 15 is 0 Å². The third kappa shape index (κ3) is 5.94. The van der Waals surface area contributed by atoms with Crippen LogP contribution < -0.4 is 10.6 Å². The van der Waals surface area contributed by atoms with Gasteiger partial charge in [0.05, 0.1) is 5.56 Å². The van der Waals surface area contributed by atoms with E-state index in [2.05, 4.69) is 10.6 Å². The quantitative estimate of drug-likeness (QED) is 0.779. The highest BCUT2D eigenvalue weighted by Crippen LogP contribution is 2.31. The first-order valence-corrected chi connectivity index (χ1v) is 6.76. The zero-order valence-corrected chi connectivity index (χ0v) is 12.5. The first-order valence-electron chi connectivity index (χ1n) is 6.76.